The Morgan fingerprint density at radius 1 is 1.13 bits per heavy atom. The summed E-state index contributed by atoms with van der Waals surface area (Å²) >= 11 is 0. The van der Waals surface area contributed by atoms with Gasteiger partial charge in [0.15, 0.2) is 0 Å². The molecule has 152 valence electrons. The van der Waals surface area contributed by atoms with Crippen molar-refractivity contribution in [2.45, 2.75) is 13.1 Å². The monoisotopic (exact) mass is 406 g/mol. The van der Waals surface area contributed by atoms with E-state index in [-0.39, 0.29) is 24.2 Å². The van der Waals surface area contributed by atoms with Crippen LogP contribution in [0.5, 0.6) is 5.75 Å². The SMILES string of the molecule is COc1ccc(CNC(=O)Cn2cccc2-c2nc(-c3ccc(F)cc3)no2)cc1. The highest BCUT2D eigenvalue weighted by molar-refractivity contribution is 5.76. The number of carbonyl (C=O) groups is 1. The molecule has 2 aromatic carbocycles. The first kappa shape index (κ1) is 19.4. The summed E-state index contributed by atoms with van der Waals surface area (Å²) in [5, 5.41) is 6.84. The van der Waals surface area contributed by atoms with Crippen molar-refractivity contribution in [3.63, 3.8) is 0 Å². The third kappa shape index (κ3) is 4.38. The van der Waals surface area contributed by atoms with Crippen LogP contribution in [0.4, 0.5) is 4.39 Å². The summed E-state index contributed by atoms with van der Waals surface area (Å²) < 4.78 is 25.3. The maximum atomic E-state index is 13.1. The number of halogens is 1. The van der Waals surface area contributed by atoms with E-state index in [4.69, 9.17) is 9.26 Å². The number of rotatable bonds is 7. The first-order valence-electron chi connectivity index (χ1n) is 9.27. The molecule has 30 heavy (non-hydrogen) atoms. The smallest absolute Gasteiger partial charge is 0.274 e. The zero-order chi connectivity index (χ0) is 20.9. The Kier molecular flexibility index (Phi) is 5.56. The molecule has 0 unspecified atom stereocenters. The molecule has 8 heteroatoms. The molecule has 0 atom stereocenters. The molecule has 1 amide bonds. The van der Waals surface area contributed by atoms with Crippen LogP contribution < -0.4 is 10.1 Å². The lowest BCUT2D eigenvalue weighted by atomic mass is 10.2. The average Bonchev–Trinajstić information content (AvgIpc) is 3.42. The number of ether oxygens (including phenoxy) is 1. The largest absolute Gasteiger partial charge is 0.497 e. The molecule has 0 fully saturated rings. The van der Waals surface area contributed by atoms with Crippen LogP contribution in [0.1, 0.15) is 5.56 Å². The van der Waals surface area contributed by atoms with Gasteiger partial charge in [-0.15, -0.1) is 0 Å². The molecule has 2 aromatic heterocycles. The van der Waals surface area contributed by atoms with E-state index in [1.807, 2.05) is 24.3 Å². The van der Waals surface area contributed by atoms with Gasteiger partial charge in [0.05, 0.1) is 7.11 Å². The molecule has 4 aromatic rings. The van der Waals surface area contributed by atoms with Gasteiger partial charge >= 0.3 is 0 Å². The number of nitrogens with one attached hydrogen (secondary N) is 1. The van der Waals surface area contributed by atoms with Crippen LogP contribution in [-0.2, 0) is 17.9 Å². The Bertz CT molecular complexity index is 1130. The summed E-state index contributed by atoms with van der Waals surface area (Å²) in [5.74, 6) is 0.907. The number of amides is 1. The minimum atomic E-state index is -0.336. The van der Waals surface area contributed by atoms with E-state index in [0.29, 0.717) is 23.6 Å². The molecule has 0 spiro atoms. The van der Waals surface area contributed by atoms with Gasteiger partial charge in [0.25, 0.3) is 5.89 Å². The van der Waals surface area contributed by atoms with Crippen LogP contribution in [0, 0.1) is 5.82 Å². The highest BCUT2D eigenvalue weighted by Crippen LogP contribution is 2.23. The fourth-order valence-electron chi connectivity index (χ4n) is 2.94. The van der Waals surface area contributed by atoms with Crippen LogP contribution in [0.2, 0.25) is 0 Å². The lowest BCUT2D eigenvalue weighted by Gasteiger charge is -2.08. The molecule has 0 aliphatic heterocycles. The van der Waals surface area contributed by atoms with E-state index in [9.17, 15) is 9.18 Å². The molecule has 0 aliphatic rings. The summed E-state index contributed by atoms with van der Waals surface area (Å²) in [6, 6.07) is 16.9. The Morgan fingerprint density at radius 2 is 1.90 bits per heavy atom. The predicted octanol–water partition coefficient (Wildman–Crippen LogP) is 3.67. The summed E-state index contributed by atoms with van der Waals surface area (Å²) in [4.78, 5) is 16.8. The molecule has 0 radical (unpaired) electrons. The van der Waals surface area contributed by atoms with Crippen LogP contribution in [0.3, 0.4) is 0 Å². The van der Waals surface area contributed by atoms with Gasteiger partial charge in [0, 0.05) is 18.3 Å². The van der Waals surface area contributed by atoms with E-state index in [1.54, 1.807) is 42.1 Å². The zero-order valence-corrected chi connectivity index (χ0v) is 16.2. The fourth-order valence-corrected chi connectivity index (χ4v) is 2.94. The van der Waals surface area contributed by atoms with Crippen molar-refractivity contribution >= 4 is 5.91 Å². The van der Waals surface area contributed by atoms with Gasteiger partial charge < -0.3 is 19.1 Å². The molecule has 2 heterocycles. The average molecular weight is 406 g/mol. The third-order valence-electron chi connectivity index (χ3n) is 4.54. The van der Waals surface area contributed by atoms with Crippen molar-refractivity contribution < 1.29 is 18.4 Å². The highest BCUT2D eigenvalue weighted by atomic mass is 19.1. The lowest BCUT2D eigenvalue weighted by molar-refractivity contribution is -0.121. The highest BCUT2D eigenvalue weighted by Gasteiger charge is 2.15. The molecule has 0 aliphatic carbocycles. The number of methoxy groups -OCH3 is 1. The van der Waals surface area contributed by atoms with Crippen molar-refractivity contribution in [1.29, 1.82) is 0 Å². The van der Waals surface area contributed by atoms with Gasteiger partial charge in [-0.05, 0) is 54.1 Å². The number of aromatic nitrogens is 3. The van der Waals surface area contributed by atoms with Crippen LogP contribution in [0.25, 0.3) is 23.0 Å². The minimum absolute atomic E-state index is 0.104. The maximum absolute atomic E-state index is 13.1. The van der Waals surface area contributed by atoms with Gasteiger partial charge in [-0.2, -0.15) is 4.98 Å². The number of benzene rings is 2. The summed E-state index contributed by atoms with van der Waals surface area (Å²) in [5.41, 5.74) is 2.23. The Morgan fingerprint density at radius 3 is 2.63 bits per heavy atom. The predicted molar refractivity (Wildman–Crippen MR) is 108 cm³/mol. The molecular formula is C22H19FN4O3. The van der Waals surface area contributed by atoms with Crippen molar-refractivity contribution in [1.82, 2.24) is 20.0 Å². The van der Waals surface area contributed by atoms with Crippen molar-refractivity contribution in [3.8, 4) is 28.7 Å². The first-order valence-corrected chi connectivity index (χ1v) is 9.27. The standard InChI is InChI=1S/C22H19FN4O3/c1-29-18-10-4-15(5-11-18)13-24-20(28)14-27-12-2-3-19(27)22-25-21(26-30-22)16-6-8-17(23)9-7-16/h2-12H,13-14H2,1H3,(H,24,28). The number of nitrogens with zero attached hydrogens (tertiary/aromatic N) is 3. The molecule has 0 saturated heterocycles. The minimum Gasteiger partial charge on any atom is -0.497 e. The lowest BCUT2D eigenvalue weighted by Crippen LogP contribution is -2.27. The second kappa shape index (κ2) is 8.60. The van der Waals surface area contributed by atoms with E-state index in [0.717, 1.165) is 11.3 Å². The van der Waals surface area contributed by atoms with Gasteiger partial charge in [0.2, 0.25) is 11.7 Å². The van der Waals surface area contributed by atoms with Crippen LogP contribution in [-0.4, -0.2) is 27.7 Å². The van der Waals surface area contributed by atoms with Crippen molar-refractivity contribution in [2.75, 3.05) is 7.11 Å². The summed E-state index contributed by atoms with van der Waals surface area (Å²) in [6.45, 7) is 0.515. The summed E-state index contributed by atoms with van der Waals surface area (Å²) in [6.07, 6.45) is 1.77. The number of carbonyl (C=O) groups excluding carboxylic acids is 1. The van der Waals surface area contributed by atoms with Crippen LogP contribution in [0.15, 0.2) is 71.4 Å². The quantitative estimate of drug-likeness (QED) is 0.506. The molecule has 7 nitrogen and oxygen atoms in total. The molecular weight excluding hydrogens is 387 g/mol. The first-order chi connectivity index (χ1) is 14.6. The van der Waals surface area contributed by atoms with Crippen molar-refractivity contribution in [2.24, 2.45) is 0 Å². The third-order valence-corrected chi connectivity index (χ3v) is 4.54. The molecule has 4 rings (SSSR count). The molecule has 0 saturated carbocycles. The molecule has 0 bridgehead atoms. The van der Waals surface area contributed by atoms with Gasteiger partial charge in [-0.25, -0.2) is 4.39 Å². The second-order valence-corrected chi connectivity index (χ2v) is 6.58. The second-order valence-electron chi connectivity index (χ2n) is 6.58. The number of hydrogen-bond donors (Lipinski definition) is 1. The van der Waals surface area contributed by atoms with Crippen molar-refractivity contribution in [3.05, 3.63) is 78.2 Å². The Balaban J connectivity index is 1.41. The Hall–Kier alpha value is -3.94. The van der Waals surface area contributed by atoms with E-state index >= 15 is 0 Å². The molecule has 1 N–H and O–H groups in total. The van der Waals surface area contributed by atoms with E-state index in [1.165, 1.54) is 12.1 Å². The van der Waals surface area contributed by atoms with Gasteiger partial charge in [0.1, 0.15) is 23.8 Å². The van der Waals surface area contributed by atoms with Gasteiger partial charge in [-0.3, -0.25) is 4.79 Å². The Labute approximate surface area is 172 Å². The fraction of sp³-hybridized carbons (Fsp3) is 0.136. The van der Waals surface area contributed by atoms with Gasteiger partial charge in [-0.1, -0.05) is 17.3 Å². The van der Waals surface area contributed by atoms with Crippen LogP contribution >= 0.6 is 0 Å². The summed E-state index contributed by atoms with van der Waals surface area (Å²) in [7, 11) is 1.61. The van der Waals surface area contributed by atoms with E-state index in [2.05, 4.69) is 15.5 Å². The normalized spacial score (nSPS) is 10.7. The zero-order valence-electron chi connectivity index (χ0n) is 16.2. The topological polar surface area (TPSA) is 82.2 Å². The van der Waals surface area contributed by atoms with E-state index < -0.39 is 0 Å². The number of hydrogen-bond acceptors (Lipinski definition) is 5. The maximum Gasteiger partial charge on any atom is 0.274 e.